The summed E-state index contributed by atoms with van der Waals surface area (Å²) in [4.78, 5) is 16.5. The number of pyridine rings is 1. The average molecular weight is 631 g/mol. The highest BCUT2D eigenvalue weighted by molar-refractivity contribution is 7.71. The number of likely N-dealkylation sites (tertiary alicyclic amines) is 1. The van der Waals surface area contributed by atoms with Crippen LogP contribution in [-0.4, -0.2) is 55.4 Å². The Hall–Kier alpha value is -3.77. The number of ether oxygens (including phenoxy) is 3. The Balaban J connectivity index is 1.00. The normalized spacial score (nSPS) is 22.0. The van der Waals surface area contributed by atoms with Gasteiger partial charge in [-0.15, -0.1) is 0 Å². The number of piperidine rings is 1. The molecular weight excluding hydrogens is 600 g/mol. The second-order valence-electron chi connectivity index (χ2n) is 11.8. The molecule has 12 heteroatoms. The van der Waals surface area contributed by atoms with Crippen LogP contribution in [0.1, 0.15) is 49.2 Å². The van der Waals surface area contributed by atoms with Gasteiger partial charge in [-0.05, 0) is 86.9 Å². The van der Waals surface area contributed by atoms with E-state index < -0.39 is 5.79 Å². The van der Waals surface area contributed by atoms with Crippen LogP contribution in [0.15, 0.2) is 59.3 Å². The van der Waals surface area contributed by atoms with Crippen LogP contribution in [-0.2, 0) is 23.6 Å². The van der Waals surface area contributed by atoms with Crippen molar-refractivity contribution in [2.45, 2.75) is 57.1 Å². The van der Waals surface area contributed by atoms with E-state index in [1.807, 2.05) is 31.2 Å². The molecule has 44 heavy (non-hydrogen) atoms. The third-order valence-electron chi connectivity index (χ3n) is 8.91. The molecule has 0 amide bonds. The van der Waals surface area contributed by atoms with Crippen LogP contribution in [0.25, 0.3) is 22.4 Å². The first kappa shape index (κ1) is 27.8. The summed E-state index contributed by atoms with van der Waals surface area (Å²) in [6.07, 6.45) is 4.90. The summed E-state index contributed by atoms with van der Waals surface area (Å²) in [5.74, 6) is 2.59. The Kier molecular flexibility index (Phi) is 6.93. The van der Waals surface area contributed by atoms with Crippen molar-refractivity contribution in [1.29, 1.82) is 0 Å². The number of H-pyrrole nitrogens is 1. The lowest BCUT2D eigenvalue weighted by molar-refractivity contribution is -0.0722. The van der Waals surface area contributed by atoms with Crippen molar-refractivity contribution >= 4 is 34.9 Å². The van der Waals surface area contributed by atoms with Crippen LogP contribution in [0.4, 0.5) is 0 Å². The molecule has 3 aromatic heterocycles. The van der Waals surface area contributed by atoms with Gasteiger partial charge in [0, 0.05) is 30.9 Å². The van der Waals surface area contributed by atoms with Gasteiger partial charge < -0.3 is 23.3 Å². The van der Waals surface area contributed by atoms with Crippen molar-refractivity contribution in [1.82, 2.24) is 29.6 Å². The molecule has 2 fully saturated rings. The molecule has 0 aliphatic carbocycles. The first-order valence-corrected chi connectivity index (χ1v) is 15.7. The van der Waals surface area contributed by atoms with Gasteiger partial charge in [-0.25, -0.2) is 10.1 Å². The van der Waals surface area contributed by atoms with Gasteiger partial charge in [0.05, 0.1) is 35.2 Å². The van der Waals surface area contributed by atoms with Crippen molar-refractivity contribution < 1.29 is 18.7 Å². The standard InChI is InChI=1S/C32H31ClN6O4S/c1-32(27-8-6-21(33)16-34-27)41-26-4-2-3-23(29(26)42-32)19-9-12-38(13-10-19)18-28-35-24-7-5-20(30-36-31(44)43-37-30)15-25(24)39(28)17-22-11-14-40-22/h2-8,15-16,19,22H,9-14,17-18H2,1H3,(H,36,37,44)/t22-,32-/m0/s1. The van der Waals surface area contributed by atoms with Crippen molar-refractivity contribution in [2.75, 3.05) is 19.7 Å². The minimum absolute atomic E-state index is 0.188. The predicted octanol–water partition coefficient (Wildman–Crippen LogP) is 6.61. The SMILES string of the molecule is C[C@]1(c2ccc(Cl)cn2)Oc2cccc(C3CCN(Cc4nc5ccc(-c6nc(=S)o[nH]6)cc5n4C[C@@H]4CCO4)CC3)c2O1. The predicted molar refractivity (Wildman–Crippen MR) is 166 cm³/mol. The zero-order valence-corrected chi connectivity index (χ0v) is 25.7. The summed E-state index contributed by atoms with van der Waals surface area (Å²) in [5, 5.41) is 3.39. The summed E-state index contributed by atoms with van der Waals surface area (Å²) in [6, 6.07) is 16.0. The van der Waals surface area contributed by atoms with E-state index in [-0.39, 0.29) is 10.9 Å². The number of hydrogen-bond donors (Lipinski definition) is 1. The van der Waals surface area contributed by atoms with E-state index in [0.29, 0.717) is 22.5 Å². The Morgan fingerprint density at radius 3 is 2.66 bits per heavy atom. The highest BCUT2D eigenvalue weighted by atomic mass is 35.5. The molecule has 0 radical (unpaired) electrons. The van der Waals surface area contributed by atoms with Crippen molar-refractivity contribution in [3.05, 3.63) is 81.7 Å². The van der Waals surface area contributed by atoms with Gasteiger partial charge in [0.2, 0.25) is 0 Å². The zero-order chi connectivity index (χ0) is 29.8. The van der Waals surface area contributed by atoms with Crippen molar-refractivity contribution in [3.63, 3.8) is 0 Å². The molecule has 2 aromatic carbocycles. The summed E-state index contributed by atoms with van der Waals surface area (Å²) in [6.45, 7) is 6.16. The molecule has 10 nitrogen and oxygen atoms in total. The maximum absolute atomic E-state index is 6.49. The van der Waals surface area contributed by atoms with E-state index in [2.05, 4.69) is 42.8 Å². The second kappa shape index (κ2) is 11.0. The number of imidazole rings is 1. The lowest BCUT2D eigenvalue weighted by atomic mass is 9.88. The van der Waals surface area contributed by atoms with Gasteiger partial charge in [-0.2, -0.15) is 4.98 Å². The highest BCUT2D eigenvalue weighted by Gasteiger charge is 2.42. The number of para-hydroxylation sites is 1. The Labute approximate surface area is 263 Å². The smallest absolute Gasteiger partial charge is 0.314 e. The molecule has 0 bridgehead atoms. The van der Waals surface area contributed by atoms with E-state index in [1.165, 1.54) is 5.56 Å². The molecule has 5 aromatic rings. The third-order valence-corrected chi connectivity index (χ3v) is 9.31. The minimum Gasteiger partial charge on any atom is -0.443 e. The molecule has 0 saturated carbocycles. The fraction of sp³-hybridized carbons (Fsp3) is 0.375. The fourth-order valence-electron chi connectivity index (χ4n) is 6.45. The van der Waals surface area contributed by atoms with E-state index in [9.17, 15) is 0 Å². The Morgan fingerprint density at radius 1 is 1.07 bits per heavy atom. The van der Waals surface area contributed by atoms with Crippen LogP contribution >= 0.6 is 23.8 Å². The van der Waals surface area contributed by atoms with Crippen molar-refractivity contribution in [2.24, 2.45) is 0 Å². The number of halogens is 1. The number of hydrogen-bond acceptors (Lipinski definition) is 9. The molecule has 226 valence electrons. The Bertz CT molecular complexity index is 1890. The molecule has 0 unspecified atom stereocenters. The highest BCUT2D eigenvalue weighted by Crippen LogP contribution is 2.49. The molecule has 6 heterocycles. The first-order valence-electron chi connectivity index (χ1n) is 14.9. The number of rotatable bonds is 7. The Morgan fingerprint density at radius 2 is 1.93 bits per heavy atom. The molecule has 3 aliphatic rings. The quantitative estimate of drug-likeness (QED) is 0.199. The number of aromatic amines is 1. The van der Waals surface area contributed by atoms with E-state index in [0.717, 1.165) is 86.0 Å². The van der Waals surface area contributed by atoms with Gasteiger partial charge in [-0.1, -0.05) is 23.7 Å². The minimum atomic E-state index is -0.994. The number of nitrogens with zero attached hydrogens (tertiary/aromatic N) is 5. The van der Waals surface area contributed by atoms with Crippen LogP contribution in [0, 0.1) is 4.84 Å². The first-order chi connectivity index (χ1) is 21.4. The lowest BCUT2D eigenvalue weighted by Crippen LogP contribution is -2.35. The van der Waals surface area contributed by atoms with Crippen LogP contribution in [0.2, 0.25) is 5.02 Å². The van der Waals surface area contributed by atoms with E-state index in [4.69, 9.17) is 47.5 Å². The summed E-state index contributed by atoms with van der Waals surface area (Å²) >= 11 is 11.1. The maximum Gasteiger partial charge on any atom is 0.314 e. The van der Waals surface area contributed by atoms with E-state index in [1.54, 1.807) is 12.3 Å². The summed E-state index contributed by atoms with van der Waals surface area (Å²) in [5.41, 5.74) is 4.79. The maximum atomic E-state index is 6.49. The average Bonchev–Trinajstić information content (AvgIpc) is 3.70. The number of fused-ring (bicyclic) bond motifs is 2. The molecule has 2 saturated heterocycles. The molecule has 1 N–H and O–H groups in total. The van der Waals surface area contributed by atoms with Gasteiger partial charge in [0.25, 0.3) is 5.79 Å². The number of aromatic nitrogens is 5. The summed E-state index contributed by atoms with van der Waals surface area (Å²) in [7, 11) is 0. The second-order valence-corrected chi connectivity index (χ2v) is 12.6. The topological polar surface area (TPSA) is 103 Å². The van der Waals surface area contributed by atoms with Gasteiger partial charge >= 0.3 is 4.84 Å². The number of benzene rings is 2. The molecule has 8 rings (SSSR count). The lowest BCUT2D eigenvalue weighted by Gasteiger charge is -2.33. The van der Waals surface area contributed by atoms with Crippen LogP contribution in [0.3, 0.4) is 0 Å². The third kappa shape index (κ3) is 5.07. The van der Waals surface area contributed by atoms with Crippen LogP contribution < -0.4 is 9.47 Å². The monoisotopic (exact) mass is 630 g/mol. The van der Waals surface area contributed by atoms with Crippen LogP contribution in [0.5, 0.6) is 11.5 Å². The van der Waals surface area contributed by atoms with Gasteiger partial charge in [0.1, 0.15) is 11.5 Å². The molecule has 2 atom stereocenters. The van der Waals surface area contributed by atoms with Gasteiger partial charge in [-0.3, -0.25) is 9.88 Å². The number of nitrogens with one attached hydrogen (secondary N) is 1. The summed E-state index contributed by atoms with van der Waals surface area (Å²) < 4.78 is 26.1. The largest absolute Gasteiger partial charge is 0.443 e. The van der Waals surface area contributed by atoms with Crippen molar-refractivity contribution in [3.8, 4) is 22.9 Å². The zero-order valence-electron chi connectivity index (χ0n) is 24.2. The molecule has 0 spiro atoms. The fourth-order valence-corrected chi connectivity index (χ4v) is 6.69. The molecular formula is C32H31ClN6O4S. The van der Waals surface area contributed by atoms with E-state index >= 15 is 0 Å². The van der Waals surface area contributed by atoms with Gasteiger partial charge in [0.15, 0.2) is 17.3 Å². The molecule has 3 aliphatic heterocycles.